The molecule has 0 saturated heterocycles. The Bertz CT molecular complexity index is 510. The number of aryl methyl sites for hydroxylation is 1. The van der Waals surface area contributed by atoms with Crippen LogP contribution in [0.1, 0.15) is 61.9 Å². The normalized spacial score (nSPS) is 23.0. The van der Waals surface area contributed by atoms with Crippen molar-refractivity contribution in [1.82, 2.24) is 0 Å². The molecule has 1 aromatic carbocycles. The Labute approximate surface area is 133 Å². The highest BCUT2D eigenvalue weighted by molar-refractivity contribution is 5.84. The first kappa shape index (κ1) is 16.9. The van der Waals surface area contributed by atoms with Crippen LogP contribution in [0.3, 0.4) is 0 Å². The minimum absolute atomic E-state index is 0.0367. The highest BCUT2D eigenvalue weighted by Gasteiger charge is 2.29. The molecule has 1 N–H and O–H groups in total. The fourth-order valence-corrected chi connectivity index (χ4v) is 3.63. The molecular formula is C19H28O3. The van der Waals surface area contributed by atoms with Crippen molar-refractivity contribution in [1.29, 1.82) is 0 Å². The molecule has 22 heavy (non-hydrogen) atoms. The predicted octanol–water partition coefficient (Wildman–Crippen LogP) is 4.74. The predicted molar refractivity (Wildman–Crippen MR) is 88.6 cm³/mol. The van der Waals surface area contributed by atoms with Gasteiger partial charge in [0.15, 0.2) is 6.29 Å². The van der Waals surface area contributed by atoms with E-state index >= 15 is 0 Å². The van der Waals surface area contributed by atoms with E-state index in [1.807, 2.05) is 0 Å². The number of carbonyl (C=O) groups is 1. The number of hydrogen-bond acceptors (Lipinski definition) is 3. The van der Waals surface area contributed by atoms with Gasteiger partial charge in [0.05, 0.1) is 12.2 Å². The number of hydrogen-bond donors (Lipinski definition) is 1. The van der Waals surface area contributed by atoms with E-state index in [0.29, 0.717) is 42.0 Å². The van der Waals surface area contributed by atoms with Gasteiger partial charge in [-0.3, -0.25) is 4.79 Å². The van der Waals surface area contributed by atoms with Crippen LogP contribution in [0.5, 0.6) is 11.5 Å². The highest BCUT2D eigenvalue weighted by atomic mass is 16.5. The monoisotopic (exact) mass is 304 g/mol. The van der Waals surface area contributed by atoms with E-state index in [4.69, 9.17) is 4.74 Å². The van der Waals surface area contributed by atoms with Crippen LogP contribution in [0.15, 0.2) is 12.1 Å². The Balaban J connectivity index is 2.08. The smallest absolute Gasteiger partial charge is 0.157 e. The third-order valence-corrected chi connectivity index (χ3v) is 5.29. The summed E-state index contributed by atoms with van der Waals surface area (Å²) in [5, 5.41) is 9.98. The van der Waals surface area contributed by atoms with Crippen LogP contribution in [0.4, 0.5) is 0 Å². The van der Waals surface area contributed by atoms with Gasteiger partial charge in [-0.2, -0.15) is 0 Å². The van der Waals surface area contributed by atoms with E-state index in [-0.39, 0.29) is 11.3 Å². The fourth-order valence-electron chi connectivity index (χ4n) is 3.63. The molecule has 3 nitrogen and oxygen atoms in total. The minimum atomic E-state index is 0.0367. The molecule has 1 aliphatic carbocycles. The lowest BCUT2D eigenvalue weighted by Crippen LogP contribution is -2.29. The summed E-state index contributed by atoms with van der Waals surface area (Å²) < 4.78 is 5.94. The maximum absolute atomic E-state index is 11.2. The zero-order valence-electron chi connectivity index (χ0n) is 14.0. The van der Waals surface area contributed by atoms with Gasteiger partial charge in [0.25, 0.3) is 0 Å². The van der Waals surface area contributed by atoms with E-state index in [2.05, 4.69) is 13.8 Å². The van der Waals surface area contributed by atoms with E-state index in [1.165, 1.54) is 32.1 Å². The van der Waals surface area contributed by atoms with Crippen LogP contribution in [-0.2, 0) is 0 Å². The fraction of sp³-hybridized carbons (Fsp3) is 0.632. The van der Waals surface area contributed by atoms with E-state index in [0.717, 1.165) is 0 Å². The van der Waals surface area contributed by atoms with Crippen molar-refractivity contribution in [3.63, 3.8) is 0 Å². The molecule has 1 fully saturated rings. The Kier molecular flexibility index (Phi) is 5.87. The summed E-state index contributed by atoms with van der Waals surface area (Å²) in [6, 6.07) is 3.59. The van der Waals surface area contributed by atoms with Gasteiger partial charge in [-0.15, -0.1) is 0 Å². The van der Waals surface area contributed by atoms with E-state index < -0.39 is 0 Å². The van der Waals surface area contributed by atoms with Crippen molar-refractivity contribution in [2.24, 2.45) is 17.8 Å². The standard InChI is InChI=1S/C19H28O3/c1-4-13(2)16-8-6-5-7-15(16)12-22-18-10-9-14(3)19(21)17(18)11-20/h9-11,13,15-16,21H,4-8,12H2,1-3H3. The maximum Gasteiger partial charge on any atom is 0.157 e. The average Bonchev–Trinajstić information content (AvgIpc) is 2.55. The third kappa shape index (κ3) is 3.63. The molecule has 122 valence electrons. The number of carbonyl (C=O) groups excluding carboxylic acids is 1. The summed E-state index contributed by atoms with van der Waals surface area (Å²) in [7, 11) is 0. The lowest BCUT2D eigenvalue weighted by Gasteiger charge is -2.35. The molecule has 3 heteroatoms. The zero-order valence-corrected chi connectivity index (χ0v) is 14.0. The second-order valence-electron chi connectivity index (χ2n) is 6.67. The number of ether oxygens (including phenoxy) is 1. The lowest BCUT2D eigenvalue weighted by atomic mass is 9.72. The topological polar surface area (TPSA) is 46.5 Å². The van der Waals surface area contributed by atoms with Crippen LogP contribution in [0.2, 0.25) is 0 Å². The van der Waals surface area contributed by atoms with E-state index in [9.17, 15) is 9.90 Å². The van der Waals surface area contributed by atoms with Gasteiger partial charge in [0.2, 0.25) is 0 Å². The van der Waals surface area contributed by atoms with Gasteiger partial charge in [-0.05, 0) is 49.1 Å². The molecule has 0 heterocycles. The van der Waals surface area contributed by atoms with Crippen LogP contribution >= 0.6 is 0 Å². The summed E-state index contributed by atoms with van der Waals surface area (Å²) in [6.07, 6.45) is 6.94. The third-order valence-electron chi connectivity index (χ3n) is 5.29. The molecule has 1 aromatic rings. The summed E-state index contributed by atoms with van der Waals surface area (Å²) in [4.78, 5) is 11.2. The number of phenolic OH excluding ortho intramolecular Hbond substituents is 1. The van der Waals surface area contributed by atoms with Gasteiger partial charge in [0.1, 0.15) is 11.5 Å². The molecule has 0 spiro atoms. The molecule has 0 amide bonds. The van der Waals surface area contributed by atoms with Crippen molar-refractivity contribution in [2.45, 2.75) is 52.9 Å². The summed E-state index contributed by atoms with van der Waals surface area (Å²) in [5.41, 5.74) is 0.973. The highest BCUT2D eigenvalue weighted by Crippen LogP contribution is 2.37. The molecule has 2 rings (SSSR count). The minimum Gasteiger partial charge on any atom is -0.507 e. The van der Waals surface area contributed by atoms with Gasteiger partial charge in [0, 0.05) is 0 Å². The van der Waals surface area contributed by atoms with Crippen molar-refractivity contribution in [3.05, 3.63) is 23.3 Å². The van der Waals surface area contributed by atoms with Gasteiger partial charge < -0.3 is 9.84 Å². The molecule has 3 atom stereocenters. The van der Waals surface area contributed by atoms with Gasteiger partial charge in [-0.1, -0.05) is 39.2 Å². The zero-order chi connectivity index (χ0) is 16.1. The summed E-state index contributed by atoms with van der Waals surface area (Å²) in [5.74, 6) is 2.51. The first-order valence-corrected chi connectivity index (χ1v) is 8.49. The van der Waals surface area contributed by atoms with Gasteiger partial charge in [-0.25, -0.2) is 0 Å². The lowest BCUT2D eigenvalue weighted by molar-refractivity contribution is 0.105. The summed E-state index contributed by atoms with van der Waals surface area (Å²) >= 11 is 0. The van der Waals surface area contributed by atoms with Crippen molar-refractivity contribution < 1.29 is 14.6 Å². The Morgan fingerprint density at radius 3 is 2.77 bits per heavy atom. The molecule has 0 radical (unpaired) electrons. The Hall–Kier alpha value is -1.51. The molecule has 0 bridgehead atoms. The van der Waals surface area contributed by atoms with Crippen LogP contribution in [0.25, 0.3) is 0 Å². The number of aromatic hydroxyl groups is 1. The van der Waals surface area contributed by atoms with Crippen molar-refractivity contribution in [2.75, 3.05) is 6.61 Å². The second-order valence-corrected chi connectivity index (χ2v) is 6.67. The van der Waals surface area contributed by atoms with Gasteiger partial charge >= 0.3 is 0 Å². The second kappa shape index (κ2) is 7.66. The first-order valence-electron chi connectivity index (χ1n) is 8.49. The molecular weight excluding hydrogens is 276 g/mol. The Morgan fingerprint density at radius 2 is 2.09 bits per heavy atom. The van der Waals surface area contributed by atoms with Crippen molar-refractivity contribution >= 4 is 6.29 Å². The molecule has 1 aliphatic rings. The number of rotatable bonds is 6. The molecule has 3 unspecified atom stereocenters. The number of phenols is 1. The quantitative estimate of drug-likeness (QED) is 0.772. The van der Waals surface area contributed by atoms with E-state index in [1.54, 1.807) is 19.1 Å². The number of benzene rings is 1. The maximum atomic E-state index is 11.2. The Morgan fingerprint density at radius 1 is 1.36 bits per heavy atom. The molecule has 0 aliphatic heterocycles. The molecule has 1 saturated carbocycles. The van der Waals surface area contributed by atoms with Crippen molar-refractivity contribution in [3.8, 4) is 11.5 Å². The SMILES string of the molecule is CCC(C)C1CCCCC1COc1ccc(C)c(O)c1C=O. The largest absolute Gasteiger partial charge is 0.507 e. The first-order chi connectivity index (χ1) is 10.6. The van der Waals surface area contributed by atoms with Crippen LogP contribution in [0, 0.1) is 24.7 Å². The van der Waals surface area contributed by atoms with Crippen LogP contribution < -0.4 is 4.74 Å². The van der Waals surface area contributed by atoms with Crippen LogP contribution in [-0.4, -0.2) is 18.0 Å². The average molecular weight is 304 g/mol. The number of aldehydes is 1. The summed E-state index contributed by atoms with van der Waals surface area (Å²) in [6.45, 7) is 7.00. The molecule has 0 aromatic heterocycles.